The first-order valence-electron chi connectivity index (χ1n) is 15.1. The third kappa shape index (κ3) is 7.84. The number of amides is 2. The Morgan fingerprint density at radius 2 is 1.64 bits per heavy atom. The number of likely N-dealkylation sites (tertiary alicyclic amines) is 1. The number of rotatable bonds is 10. The monoisotopic (exact) mass is 607 g/mol. The molecule has 2 aromatic carbocycles. The number of hydrogen-bond acceptors (Lipinski definition) is 8. The van der Waals surface area contributed by atoms with Gasteiger partial charge in [-0.2, -0.15) is 0 Å². The van der Waals surface area contributed by atoms with E-state index < -0.39 is 29.1 Å². The lowest BCUT2D eigenvalue weighted by Crippen LogP contribution is -2.60. The molecule has 3 atom stereocenters. The Bertz CT molecular complexity index is 1340. The van der Waals surface area contributed by atoms with E-state index in [0.717, 1.165) is 16.7 Å². The minimum atomic E-state index is -1.61. The van der Waals surface area contributed by atoms with Crippen molar-refractivity contribution in [3.8, 4) is 0 Å². The van der Waals surface area contributed by atoms with Crippen molar-refractivity contribution in [2.75, 3.05) is 26.8 Å². The lowest BCUT2D eigenvalue weighted by molar-refractivity contribution is -0.157. The maximum Gasteiger partial charge on any atom is 0.313 e. The number of nitrogens with one attached hydrogen (secondary N) is 1. The Kier molecular flexibility index (Phi) is 10.2. The Labute approximate surface area is 259 Å². The topological polar surface area (TPSA) is 137 Å². The number of methoxy groups -OCH3 is 1. The molecule has 0 radical (unpaired) electrons. The molecular weight excluding hydrogens is 562 g/mol. The summed E-state index contributed by atoms with van der Waals surface area (Å²) in [7, 11) is 1.41. The SMILES string of the molecule is COC(=O)C1CC2(CCN(C(=O)C(COCc3ccccc3)NC(=O)C(C)(N)CC(=O)OC(C)(C)C)CC2)c2ccccc21. The van der Waals surface area contributed by atoms with Gasteiger partial charge in [0.05, 0.1) is 32.7 Å². The molecule has 10 nitrogen and oxygen atoms in total. The van der Waals surface area contributed by atoms with E-state index in [1.807, 2.05) is 48.5 Å². The molecule has 0 bridgehead atoms. The van der Waals surface area contributed by atoms with Gasteiger partial charge in [-0.3, -0.25) is 19.2 Å². The number of piperidine rings is 1. The first-order chi connectivity index (χ1) is 20.7. The second-order valence-electron chi connectivity index (χ2n) is 13.2. The number of carbonyl (C=O) groups excluding carboxylic acids is 4. The summed E-state index contributed by atoms with van der Waals surface area (Å²) in [4.78, 5) is 54.1. The molecule has 4 rings (SSSR count). The molecular formula is C34H45N3O7. The van der Waals surface area contributed by atoms with Crippen molar-refractivity contribution < 1.29 is 33.4 Å². The molecule has 2 aromatic rings. The summed E-state index contributed by atoms with van der Waals surface area (Å²) in [5, 5.41) is 2.77. The van der Waals surface area contributed by atoms with E-state index in [0.29, 0.717) is 32.4 Å². The van der Waals surface area contributed by atoms with Crippen LogP contribution in [0.5, 0.6) is 0 Å². The normalized spacial score (nSPS) is 19.4. The fourth-order valence-electron chi connectivity index (χ4n) is 6.22. The summed E-state index contributed by atoms with van der Waals surface area (Å²) in [6.45, 7) is 7.73. The lowest BCUT2D eigenvalue weighted by atomic mass is 9.73. The Balaban J connectivity index is 1.46. The van der Waals surface area contributed by atoms with Crippen LogP contribution in [0, 0.1) is 0 Å². The van der Waals surface area contributed by atoms with Crippen LogP contribution >= 0.6 is 0 Å². The van der Waals surface area contributed by atoms with Crippen molar-refractivity contribution in [2.45, 2.75) is 88.5 Å². The molecule has 0 saturated carbocycles. The second-order valence-corrected chi connectivity index (χ2v) is 13.2. The Morgan fingerprint density at radius 3 is 2.27 bits per heavy atom. The Hall–Kier alpha value is -3.76. The molecule has 2 aliphatic rings. The molecule has 44 heavy (non-hydrogen) atoms. The van der Waals surface area contributed by atoms with Gasteiger partial charge >= 0.3 is 11.9 Å². The van der Waals surface area contributed by atoms with E-state index in [2.05, 4.69) is 11.4 Å². The number of ether oxygens (including phenoxy) is 3. The number of carbonyl (C=O) groups is 4. The summed E-state index contributed by atoms with van der Waals surface area (Å²) in [6.07, 6.45) is 1.62. The number of benzene rings is 2. The number of hydrogen-bond donors (Lipinski definition) is 2. The molecule has 3 N–H and O–H groups in total. The minimum Gasteiger partial charge on any atom is -0.469 e. The van der Waals surface area contributed by atoms with Gasteiger partial charge in [-0.1, -0.05) is 54.6 Å². The number of nitrogens with two attached hydrogens (primary N) is 1. The average Bonchev–Trinajstić information content (AvgIpc) is 3.29. The zero-order valence-electron chi connectivity index (χ0n) is 26.4. The van der Waals surface area contributed by atoms with Gasteiger partial charge in [0.15, 0.2) is 0 Å². The van der Waals surface area contributed by atoms with E-state index in [1.165, 1.54) is 14.0 Å². The second kappa shape index (κ2) is 13.5. The van der Waals surface area contributed by atoms with Gasteiger partial charge in [0.1, 0.15) is 17.2 Å². The predicted octanol–water partition coefficient (Wildman–Crippen LogP) is 3.36. The highest BCUT2D eigenvalue weighted by Gasteiger charge is 2.49. The molecule has 1 aliphatic heterocycles. The fraction of sp³-hybridized carbons (Fsp3) is 0.529. The van der Waals surface area contributed by atoms with E-state index in [1.54, 1.807) is 25.7 Å². The van der Waals surface area contributed by atoms with Crippen molar-refractivity contribution in [1.82, 2.24) is 10.2 Å². The van der Waals surface area contributed by atoms with Crippen molar-refractivity contribution in [2.24, 2.45) is 5.73 Å². The van der Waals surface area contributed by atoms with Gasteiger partial charge in [-0.25, -0.2) is 0 Å². The lowest BCUT2D eigenvalue weighted by Gasteiger charge is -2.41. The van der Waals surface area contributed by atoms with Gasteiger partial charge in [-0.15, -0.1) is 0 Å². The third-order valence-corrected chi connectivity index (χ3v) is 8.47. The quantitative estimate of drug-likeness (QED) is 0.393. The summed E-state index contributed by atoms with van der Waals surface area (Å²) in [6, 6.07) is 16.5. The van der Waals surface area contributed by atoms with Crippen LogP contribution in [0.1, 0.15) is 76.0 Å². The van der Waals surface area contributed by atoms with Crippen LogP contribution in [0.25, 0.3) is 0 Å². The third-order valence-electron chi connectivity index (χ3n) is 8.47. The largest absolute Gasteiger partial charge is 0.469 e. The van der Waals surface area contributed by atoms with Crippen molar-refractivity contribution in [3.05, 3.63) is 71.3 Å². The molecule has 1 spiro atoms. The first-order valence-corrected chi connectivity index (χ1v) is 15.1. The number of esters is 2. The number of nitrogens with zero attached hydrogens (tertiary/aromatic N) is 1. The van der Waals surface area contributed by atoms with Crippen molar-refractivity contribution in [3.63, 3.8) is 0 Å². The molecule has 3 unspecified atom stereocenters. The van der Waals surface area contributed by atoms with Gasteiger partial charge in [0.2, 0.25) is 11.8 Å². The maximum absolute atomic E-state index is 13.9. The van der Waals surface area contributed by atoms with Gasteiger partial charge in [0, 0.05) is 18.5 Å². The zero-order valence-corrected chi connectivity index (χ0v) is 26.4. The van der Waals surface area contributed by atoms with Crippen molar-refractivity contribution in [1.29, 1.82) is 0 Å². The van der Waals surface area contributed by atoms with E-state index >= 15 is 0 Å². The highest BCUT2D eigenvalue weighted by atomic mass is 16.6. The summed E-state index contributed by atoms with van der Waals surface area (Å²) < 4.78 is 16.4. The molecule has 1 saturated heterocycles. The summed E-state index contributed by atoms with van der Waals surface area (Å²) >= 11 is 0. The molecule has 238 valence electrons. The molecule has 10 heteroatoms. The molecule has 1 heterocycles. The molecule has 1 aliphatic carbocycles. The van der Waals surface area contributed by atoms with Crippen LogP contribution in [0.4, 0.5) is 0 Å². The Morgan fingerprint density at radius 1 is 1.00 bits per heavy atom. The van der Waals surface area contributed by atoms with E-state index in [9.17, 15) is 19.2 Å². The van der Waals surface area contributed by atoms with Crippen LogP contribution < -0.4 is 11.1 Å². The molecule has 1 fully saturated rings. The van der Waals surface area contributed by atoms with E-state index in [4.69, 9.17) is 19.9 Å². The zero-order chi connectivity index (χ0) is 32.1. The maximum atomic E-state index is 13.9. The van der Waals surface area contributed by atoms with Gasteiger partial charge in [0.25, 0.3) is 0 Å². The van der Waals surface area contributed by atoms with Gasteiger partial charge < -0.3 is 30.2 Å². The van der Waals surface area contributed by atoms with Crippen LogP contribution in [0.2, 0.25) is 0 Å². The fourth-order valence-corrected chi connectivity index (χ4v) is 6.22. The van der Waals surface area contributed by atoms with Crippen LogP contribution in [0.15, 0.2) is 54.6 Å². The van der Waals surface area contributed by atoms with Gasteiger partial charge in [-0.05, 0) is 63.6 Å². The molecule has 2 amide bonds. The van der Waals surface area contributed by atoms with E-state index in [-0.39, 0.29) is 42.8 Å². The van der Waals surface area contributed by atoms with Crippen molar-refractivity contribution >= 4 is 23.8 Å². The minimum absolute atomic E-state index is 0.0725. The molecule has 0 aromatic heterocycles. The predicted molar refractivity (Wildman–Crippen MR) is 164 cm³/mol. The van der Waals surface area contributed by atoms with Crippen LogP contribution in [-0.4, -0.2) is 72.6 Å². The highest BCUT2D eigenvalue weighted by molar-refractivity contribution is 5.94. The standard InChI is InChI=1S/C34H45N3O7/c1-32(2,3)44-28(38)20-33(4,35)31(41)36-27(22-43-21-23-11-7-6-8-12-23)29(39)37-17-15-34(16-18-37)19-25(30(40)42-5)24-13-9-10-14-26(24)34/h6-14,25,27H,15-22,35H2,1-5H3,(H,36,41). The summed E-state index contributed by atoms with van der Waals surface area (Å²) in [5.74, 6) is -2.12. The van der Waals surface area contributed by atoms with Crippen LogP contribution in [0.3, 0.4) is 0 Å². The average molecular weight is 608 g/mol. The first kappa shape index (κ1) is 33.1. The van der Waals surface area contributed by atoms with Crippen LogP contribution in [-0.2, 0) is 45.4 Å². The number of fused-ring (bicyclic) bond motifs is 2. The smallest absolute Gasteiger partial charge is 0.313 e. The highest BCUT2D eigenvalue weighted by Crippen LogP contribution is 2.52. The summed E-state index contributed by atoms with van der Waals surface area (Å²) in [5.41, 5.74) is 6.77.